The Hall–Kier alpha value is -1.39. The molecule has 0 radical (unpaired) electrons. The van der Waals surface area contributed by atoms with E-state index in [1.807, 2.05) is 44.2 Å². The third kappa shape index (κ3) is 3.38. The van der Waals surface area contributed by atoms with E-state index < -0.39 is 6.04 Å². The van der Waals surface area contributed by atoms with E-state index in [9.17, 15) is 4.39 Å². The zero-order chi connectivity index (χ0) is 14.7. The number of rotatable bonds is 4. The highest BCUT2D eigenvalue weighted by molar-refractivity contribution is 9.10. The zero-order valence-electron chi connectivity index (χ0n) is 11.4. The van der Waals surface area contributed by atoms with Crippen LogP contribution in [0.1, 0.15) is 31.0 Å². The van der Waals surface area contributed by atoms with Crippen LogP contribution in [-0.2, 0) is 0 Å². The Bertz CT molecular complexity index is 601. The summed E-state index contributed by atoms with van der Waals surface area (Å²) < 4.78 is 19.8. The van der Waals surface area contributed by atoms with Crippen LogP contribution in [0.25, 0.3) is 0 Å². The molecule has 2 aromatic carbocycles. The SMILES string of the molecule is CC(C)Oc1ccccc1C(N)c1ccc(Br)c(F)c1. The summed E-state index contributed by atoms with van der Waals surface area (Å²) in [5.74, 6) is 0.415. The van der Waals surface area contributed by atoms with Gasteiger partial charge in [0.15, 0.2) is 0 Å². The van der Waals surface area contributed by atoms with E-state index in [4.69, 9.17) is 10.5 Å². The first-order chi connectivity index (χ1) is 9.49. The molecule has 0 amide bonds. The minimum atomic E-state index is -0.424. The van der Waals surface area contributed by atoms with Crippen LogP contribution in [0.4, 0.5) is 4.39 Å². The monoisotopic (exact) mass is 337 g/mol. The van der Waals surface area contributed by atoms with Crippen molar-refractivity contribution in [2.75, 3.05) is 0 Å². The molecule has 4 heteroatoms. The van der Waals surface area contributed by atoms with Gasteiger partial charge in [0.05, 0.1) is 16.6 Å². The molecule has 1 unspecified atom stereocenters. The molecule has 0 aliphatic rings. The maximum atomic E-state index is 13.6. The molecule has 0 spiro atoms. The largest absolute Gasteiger partial charge is 0.491 e. The van der Waals surface area contributed by atoms with Gasteiger partial charge in [0, 0.05) is 5.56 Å². The van der Waals surface area contributed by atoms with E-state index >= 15 is 0 Å². The summed E-state index contributed by atoms with van der Waals surface area (Å²) >= 11 is 3.14. The van der Waals surface area contributed by atoms with E-state index in [1.54, 1.807) is 6.07 Å². The third-order valence-electron chi connectivity index (χ3n) is 2.92. The Kier molecular flexibility index (Phi) is 4.78. The first kappa shape index (κ1) is 15.0. The summed E-state index contributed by atoms with van der Waals surface area (Å²) in [6.07, 6.45) is 0.0602. The van der Waals surface area contributed by atoms with E-state index in [1.165, 1.54) is 6.07 Å². The zero-order valence-corrected chi connectivity index (χ0v) is 13.0. The van der Waals surface area contributed by atoms with E-state index in [0.717, 1.165) is 11.3 Å². The van der Waals surface area contributed by atoms with E-state index in [0.29, 0.717) is 10.0 Å². The molecule has 20 heavy (non-hydrogen) atoms. The second kappa shape index (κ2) is 6.37. The highest BCUT2D eigenvalue weighted by Gasteiger charge is 2.16. The number of hydrogen-bond acceptors (Lipinski definition) is 2. The van der Waals surface area contributed by atoms with Gasteiger partial charge < -0.3 is 10.5 Å². The van der Waals surface area contributed by atoms with Crippen molar-refractivity contribution in [2.45, 2.75) is 26.0 Å². The van der Waals surface area contributed by atoms with Gasteiger partial charge in [-0.15, -0.1) is 0 Å². The lowest BCUT2D eigenvalue weighted by molar-refractivity contribution is 0.239. The molecule has 0 aliphatic carbocycles. The summed E-state index contributed by atoms with van der Waals surface area (Å²) in [4.78, 5) is 0. The average molecular weight is 338 g/mol. The first-order valence-corrected chi connectivity index (χ1v) is 7.24. The predicted molar refractivity (Wildman–Crippen MR) is 82.3 cm³/mol. The van der Waals surface area contributed by atoms with Crippen LogP contribution in [0, 0.1) is 5.82 Å². The molecule has 1 atom stereocenters. The molecular formula is C16H17BrFNO. The summed E-state index contributed by atoms with van der Waals surface area (Å²) in [7, 11) is 0. The molecule has 0 saturated carbocycles. The molecule has 2 nitrogen and oxygen atoms in total. The second-order valence-electron chi connectivity index (χ2n) is 4.86. The van der Waals surface area contributed by atoms with Crippen LogP contribution in [0.2, 0.25) is 0 Å². The van der Waals surface area contributed by atoms with E-state index in [2.05, 4.69) is 15.9 Å². The van der Waals surface area contributed by atoms with Crippen LogP contribution in [0.5, 0.6) is 5.75 Å². The quantitative estimate of drug-likeness (QED) is 0.895. The Morgan fingerprint density at radius 1 is 1.15 bits per heavy atom. The van der Waals surface area contributed by atoms with Crippen LogP contribution >= 0.6 is 15.9 Å². The summed E-state index contributed by atoms with van der Waals surface area (Å²) in [5, 5.41) is 0. The van der Waals surface area contributed by atoms with Crippen molar-refractivity contribution in [1.82, 2.24) is 0 Å². The molecule has 0 aliphatic heterocycles. The highest BCUT2D eigenvalue weighted by atomic mass is 79.9. The van der Waals surface area contributed by atoms with Gasteiger partial charge in [-0.25, -0.2) is 4.39 Å². The molecule has 106 valence electrons. The molecule has 2 aromatic rings. The van der Waals surface area contributed by atoms with Gasteiger partial charge in [0.25, 0.3) is 0 Å². The molecule has 0 saturated heterocycles. The topological polar surface area (TPSA) is 35.2 Å². The molecule has 0 heterocycles. The van der Waals surface area contributed by atoms with Crippen molar-refractivity contribution in [2.24, 2.45) is 5.73 Å². The Balaban J connectivity index is 2.37. The molecular weight excluding hydrogens is 321 g/mol. The van der Waals surface area contributed by atoms with Crippen molar-refractivity contribution in [3.05, 3.63) is 63.9 Å². The summed E-state index contributed by atoms with van der Waals surface area (Å²) in [6, 6.07) is 12.1. The summed E-state index contributed by atoms with van der Waals surface area (Å²) in [5.41, 5.74) is 7.81. The lowest BCUT2D eigenvalue weighted by atomic mass is 9.98. The van der Waals surface area contributed by atoms with Gasteiger partial charge in [-0.05, 0) is 53.5 Å². The van der Waals surface area contributed by atoms with Crippen LogP contribution in [-0.4, -0.2) is 6.10 Å². The lowest BCUT2D eigenvalue weighted by Crippen LogP contribution is -2.15. The third-order valence-corrected chi connectivity index (χ3v) is 3.56. The predicted octanol–water partition coefficient (Wildman–Crippen LogP) is 4.42. The maximum Gasteiger partial charge on any atom is 0.137 e. The fraction of sp³-hybridized carbons (Fsp3) is 0.250. The average Bonchev–Trinajstić information content (AvgIpc) is 2.41. The van der Waals surface area contributed by atoms with Gasteiger partial charge in [-0.3, -0.25) is 0 Å². The van der Waals surface area contributed by atoms with Crippen LogP contribution in [0.15, 0.2) is 46.9 Å². The normalized spacial score (nSPS) is 12.5. The van der Waals surface area contributed by atoms with Crippen molar-refractivity contribution >= 4 is 15.9 Å². The number of para-hydroxylation sites is 1. The van der Waals surface area contributed by atoms with Gasteiger partial charge in [-0.2, -0.15) is 0 Å². The Morgan fingerprint density at radius 2 is 1.85 bits per heavy atom. The van der Waals surface area contributed by atoms with Crippen molar-refractivity contribution in [3.63, 3.8) is 0 Å². The Labute approximate surface area is 126 Å². The number of hydrogen-bond donors (Lipinski definition) is 1. The minimum Gasteiger partial charge on any atom is -0.491 e. The number of nitrogens with two attached hydrogens (primary N) is 1. The van der Waals surface area contributed by atoms with Crippen molar-refractivity contribution in [1.29, 1.82) is 0 Å². The molecule has 2 N–H and O–H groups in total. The summed E-state index contributed by atoms with van der Waals surface area (Å²) in [6.45, 7) is 3.92. The van der Waals surface area contributed by atoms with Gasteiger partial charge in [0.1, 0.15) is 11.6 Å². The molecule has 2 rings (SSSR count). The second-order valence-corrected chi connectivity index (χ2v) is 5.71. The van der Waals surface area contributed by atoms with Crippen molar-refractivity contribution < 1.29 is 9.13 Å². The number of halogens is 2. The highest BCUT2D eigenvalue weighted by Crippen LogP contribution is 2.30. The fourth-order valence-electron chi connectivity index (χ4n) is 1.98. The standard InChI is InChI=1S/C16H17BrFNO/c1-10(2)20-15-6-4-3-5-12(15)16(19)11-7-8-13(17)14(18)9-11/h3-10,16H,19H2,1-2H3. The van der Waals surface area contributed by atoms with Gasteiger partial charge in [0.2, 0.25) is 0 Å². The molecule has 0 aromatic heterocycles. The maximum absolute atomic E-state index is 13.6. The minimum absolute atomic E-state index is 0.0602. The van der Waals surface area contributed by atoms with Crippen molar-refractivity contribution in [3.8, 4) is 5.75 Å². The molecule has 0 fully saturated rings. The first-order valence-electron chi connectivity index (χ1n) is 6.45. The number of ether oxygens (including phenoxy) is 1. The van der Waals surface area contributed by atoms with E-state index in [-0.39, 0.29) is 11.9 Å². The Morgan fingerprint density at radius 3 is 2.50 bits per heavy atom. The smallest absolute Gasteiger partial charge is 0.137 e. The van der Waals surface area contributed by atoms with Crippen LogP contribution < -0.4 is 10.5 Å². The fourth-order valence-corrected chi connectivity index (χ4v) is 2.23. The van der Waals surface area contributed by atoms with Gasteiger partial charge >= 0.3 is 0 Å². The molecule has 0 bridgehead atoms. The number of benzene rings is 2. The van der Waals surface area contributed by atoms with Gasteiger partial charge in [-0.1, -0.05) is 24.3 Å². The van der Waals surface area contributed by atoms with Crippen LogP contribution in [0.3, 0.4) is 0 Å². The lowest BCUT2D eigenvalue weighted by Gasteiger charge is -2.19.